The number of nitrogens with zero attached hydrogens (tertiary/aromatic N) is 4. The standard InChI is InChI=1S/C16H18N6O2/c1-10-8-13(24-3)11(9-12(10)23-2)19-16-20-15(17)22(21-16)14-6-4-5-7-18-14/h4-9H,1-3H3,(H3,17,19,20,21). The van der Waals surface area contributed by atoms with E-state index < -0.39 is 0 Å². The predicted molar refractivity (Wildman–Crippen MR) is 91.1 cm³/mol. The van der Waals surface area contributed by atoms with Gasteiger partial charge in [0.05, 0.1) is 19.9 Å². The Morgan fingerprint density at radius 3 is 2.58 bits per heavy atom. The number of methoxy groups -OCH3 is 2. The monoisotopic (exact) mass is 326 g/mol. The number of nitrogens with one attached hydrogen (secondary N) is 1. The molecule has 2 aromatic heterocycles. The van der Waals surface area contributed by atoms with Gasteiger partial charge in [-0.3, -0.25) is 0 Å². The van der Waals surface area contributed by atoms with E-state index in [2.05, 4.69) is 20.4 Å². The Hall–Kier alpha value is -3.29. The highest BCUT2D eigenvalue weighted by molar-refractivity contribution is 5.67. The molecule has 0 amide bonds. The molecule has 0 saturated carbocycles. The summed E-state index contributed by atoms with van der Waals surface area (Å²) < 4.78 is 12.2. The molecule has 0 atom stereocenters. The quantitative estimate of drug-likeness (QED) is 0.742. The number of aryl methyl sites for hydroxylation is 1. The maximum atomic E-state index is 5.93. The zero-order chi connectivity index (χ0) is 17.1. The van der Waals surface area contributed by atoms with Gasteiger partial charge in [-0.05, 0) is 30.7 Å². The maximum absolute atomic E-state index is 5.93. The molecule has 0 unspecified atom stereocenters. The van der Waals surface area contributed by atoms with Crippen LogP contribution in [0.5, 0.6) is 11.5 Å². The number of nitrogen functional groups attached to an aromatic ring is 1. The highest BCUT2D eigenvalue weighted by Crippen LogP contribution is 2.33. The van der Waals surface area contributed by atoms with Crippen LogP contribution in [0.3, 0.4) is 0 Å². The Balaban J connectivity index is 1.95. The lowest BCUT2D eigenvalue weighted by Crippen LogP contribution is -2.04. The molecular weight excluding hydrogens is 308 g/mol. The summed E-state index contributed by atoms with van der Waals surface area (Å²) in [6.45, 7) is 1.94. The number of aromatic nitrogens is 4. The lowest BCUT2D eigenvalue weighted by molar-refractivity contribution is 0.402. The topological polar surface area (TPSA) is 100 Å². The lowest BCUT2D eigenvalue weighted by atomic mass is 10.2. The maximum Gasteiger partial charge on any atom is 0.249 e. The number of benzene rings is 1. The Morgan fingerprint density at radius 2 is 1.92 bits per heavy atom. The van der Waals surface area contributed by atoms with Crippen molar-refractivity contribution in [2.45, 2.75) is 6.92 Å². The van der Waals surface area contributed by atoms with Crippen LogP contribution in [0.4, 0.5) is 17.6 Å². The van der Waals surface area contributed by atoms with Crippen LogP contribution in [-0.4, -0.2) is 34.0 Å². The van der Waals surface area contributed by atoms with Crippen molar-refractivity contribution >= 4 is 17.6 Å². The van der Waals surface area contributed by atoms with Crippen LogP contribution in [0.25, 0.3) is 5.82 Å². The van der Waals surface area contributed by atoms with Crippen LogP contribution in [0.1, 0.15) is 5.56 Å². The molecule has 0 fully saturated rings. The number of rotatable bonds is 5. The van der Waals surface area contributed by atoms with Gasteiger partial charge in [0.1, 0.15) is 11.5 Å². The number of anilines is 3. The van der Waals surface area contributed by atoms with E-state index in [-0.39, 0.29) is 5.95 Å². The Bertz CT molecular complexity index is 847. The molecule has 0 radical (unpaired) electrons. The van der Waals surface area contributed by atoms with Gasteiger partial charge in [-0.1, -0.05) is 6.07 Å². The van der Waals surface area contributed by atoms with E-state index in [1.54, 1.807) is 26.5 Å². The van der Waals surface area contributed by atoms with Crippen molar-refractivity contribution in [2.24, 2.45) is 0 Å². The second-order valence-electron chi connectivity index (χ2n) is 5.04. The summed E-state index contributed by atoms with van der Waals surface area (Å²) in [4.78, 5) is 8.43. The van der Waals surface area contributed by atoms with Crippen LogP contribution < -0.4 is 20.5 Å². The minimum absolute atomic E-state index is 0.231. The van der Waals surface area contributed by atoms with Crippen LogP contribution in [0, 0.1) is 6.92 Å². The van der Waals surface area contributed by atoms with E-state index in [1.165, 1.54) is 4.68 Å². The summed E-state index contributed by atoms with van der Waals surface area (Å²) in [7, 11) is 3.21. The van der Waals surface area contributed by atoms with Gasteiger partial charge in [0, 0.05) is 12.3 Å². The molecule has 1 aromatic carbocycles. The SMILES string of the molecule is COc1cc(Nc2nc(N)n(-c3ccccn3)n2)c(OC)cc1C. The number of pyridine rings is 1. The second kappa shape index (κ2) is 6.45. The van der Waals surface area contributed by atoms with Gasteiger partial charge in [-0.15, -0.1) is 5.10 Å². The van der Waals surface area contributed by atoms with Crippen LogP contribution in [0.15, 0.2) is 36.5 Å². The van der Waals surface area contributed by atoms with Crippen molar-refractivity contribution in [3.8, 4) is 17.3 Å². The van der Waals surface area contributed by atoms with E-state index in [4.69, 9.17) is 15.2 Å². The third-order valence-electron chi connectivity index (χ3n) is 3.46. The van der Waals surface area contributed by atoms with Crippen LogP contribution in [-0.2, 0) is 0 Å². The van der Waals surface area contributed by atoms with E-state index in [9.17, 15) is 0 Å². The smallest absolute Gasteiger partial charge is 0.249 e. The van der Waals surface area contributed by atoms with Crippen LogP contribution in [0.2, 0.25) is 0 Å². The fraction of sp³-hybridized carbons (Fsp3) is 0.188. The largest absolute Gasteiger partial charge is 0.496 e. The van der Waals surface area contributed by atoms with E-state index >= 15 is 0 Å². The molecule has 0 spiro atoms. The number of nitrogens with two attached hydrogens (primary N) is 1. The molecule has 8 heteroatoms. The van der Waals surface area contributed by atoms with Gasteiger partial charge in [0.25, 0.3) is 0 Å². The Labute approximate surface area is 139 Å². The van der Waals surface area contributed by atoms with Gasteiger partial charge < -0.3 is 20.5 Å². The molecule has 3 rings (SSSR count). The van der Waals surface area contributed by atoms with Crippen molar-refractivity contribution in [2.75, 3.05) is 25.3 Å². The van der Waals surface area contributed by atoms with Crippen molar-refractivity contribution < 1.29 is 9.47 Å². The fourth-order valence-corrected chi connectivity index (χ4v) is 2.29. The van der Waals surface area contributed by atoms with Gasteiger partial charge in [0.2, 0.25) is 11.9 Å². The third-order valence-corrected chi connectivity index (χ3v) is 3.46. The molecular formula is C16H18N6O2. The van der Waals surface area contributed by atoms with Gasteiger partial charge in [0.15, 0.2) is 5.82 Å². The molecule has 0 bridgehead atoms. The third kappa shape index (κ3) is 2.94. The average Bonchev–Trinajstić information content (AvgIpc) is 2.97. The zero-order valence-corrected chi connectivity index (χ0v) is 13.6. The highest BCUT2D eigenvalue weighted by Gasteiger charge is 2.13. The number of ether oxygens (including phenoxy) is 2. The highest BCUT2D eigenvalue weighted by atomic mass is 16.5. The number of hydrogen-bond donors (Lipinski definition) is 2. The van der Waals surface area contributed by atoms with E-state index in [0.717, 1.165) is 11.3 Å². The van der Waals surface area contributed by atoms with Crippen molar-refractivity contribution in [3.05, 3.63) is 42.1 Å². The predicted octanol–water partition coefficient (Wildman–Crippen LogP) is 2.31. The fourth-order valence-electron chi connectivity index (χ4n) is 2.29. The summed E-state index contributed by atoms with van der Waals surface area (Å²) in [6, 6.07) is 9.17. The molecule has 2 heterocycles. The van der Waals surface area contributed by atoms with Gasteiger partial charge in [-0.25, -0.2) is 4.98 Å². The first-order chi connectivity index (χ1) is 11.6. The van der Waals surface area contributed by atoms with Crippen molar-refractivity contribution in [1.29, 1.82) is 0 Å². The Morgan fingerprint density at radius 1 is 1.12 bits per heavy atom. The molecule has 0 aliphatic rings. The minimum atomic E-state index is 0.231. The lowest BCUT2D eigenvalue weighted by Gasteiger charge is -2.12. The zero-order valence-electron chi connectivity index (χ0n) is 13.6. The average molecular weight is 326 g/mol. The normalized spacial score (nSPS) is 10.5. The molecule has 3 aromatic rings. The molecule has 124 valence electrons. The molecule has 0 saturated heterocycles. The molecule has 3 N–H and O–H groups in total. The summed E-state index contributed by atoms with van der Waals surface area (Å²) in [5, 5.41) is 7.44. The van der Waals surface area contributed by atoms with Gasteiger partial charge in [-0.2, -0.15) is 9.67 Å². The first kappa shape index (κ1) is 15.6. The van der Waals surface area contributed by atoms with E-state index in [1.807, 2.05) is 31.2 Å². The first-order valence-corrected chi connectivity index (χ1v) is 7.26. The summed E-state index contributed by atoms with van der Waals surface area (Å²) in [6.07, 6.45) is 1.66. The Kier molecular flexibility index (Phi) is 4.19. The van der Waals surface area contributed by atoms with Crippen LogP contribution >= 0.6 is 0 Å². The first-order valence-electron chi connectivity index (χ1n) is 7.26. The van der Waals surface area contributed by atoms with Gasteiger partial charge >= 0.3 is 0 Å². The molecule has 24 heavy (non-hydrogen) atoms. The van der Waals surface area contributed by atoms with Crippen molar-refractivity contribution in [3.63, 3.8) is 0 Å². The summed E-state index contributed by atoms with van der Waals surface area (Å²) in [5.74, 6) is 2.54. The molecule has 8 nitrogen and oxygen atoms in total. The summed E-state index contributed by atoms with van der Waals surface area (Å²) in [5.41, 5.74) is 7.57. The number of hydrogen-bond acceptors (Lipinski definition) is 7. The molecule has 0 aliphatic carbocycles. The van der Waals surface area contributed by atoms with E-state index in [0.29, 0.717) is 23.2 Å². The minimum Gasteiger partial charge on any atom is -0.496 e. The molecule has 0 aliphatic heterocycles. The van der Waals surface area contributed by atoms with Crippen molar-refractivity contribution in [1.82, 2.24) is 19.7 Å². The second-order valence-corrected chi connectivity index (χ2v) is 5.04. The summed E-state index contributed by atoms with van der Waals surface area (Å²) >= 11 is 0.